The van der Waals surface area contributed by atoms with Gasteiger partial charge in [0.1, 0.15) is 5.75 Å². The number of hydrogen-bond donors (Lipinski definition) is 0. The van der Waals surface area contributed by atoms with Crippen molar-refractivity contribution in [3.05, 3.63) is 29.5 Å². The first-order valence-corrected chi connectivity index (χ1v) is 7.20. The molecule has 0 amide bonds. The van der Waals surface area contributed by atoms with Gasteiger partial charge in [0.05, 0.1) is 24.6 Å². The highest BCUT2D eigenvalue weighted by Gasteiger charge is 2.20. The summed E-state index contributed by atoms with van der Waals surface area (Å²) in [5, 5.41) is 0.910. The van der Waals surface area contributed by atoms with Gasteiger partial charge >= 0.3 is 0 Å². The van der Waals surface area contributed by atoms with Gasteiger partial charge < -0.3 is 14.0 Å². The van der Waals surface area contributed by atoms with Crippen LogP contribution in [0.1, 0.15) is 42.6 Å². The summed E-state index contributed by atoms with van der Waals surface area (Å²) in [5.74, 6) is 1.17. The summed E-state index contributed by atoms with van der Waals surface area (Å²) in [4.78, 5) is 12.0. The van der Waals surface area contributed by atoms with Crippen LogP contribution < -0.4 is 4.74 Å². The number of aromatic nitrogens is 1. The number of methoxy groups -OCH3 is 2. The van der Waals surface area contributed by atoms with Crippen molar-refractivity contribution in [2.24, 2.45) is 0 Å². The van der Waals surface area contributed by atoms with Crippen LogP contribution in [-0.2, 0) is 11.3 Å². The van der Waals surface area contributed by atoms with Crippen LogP contribution in [0.2, 0.25) is 0 Å². The number of carbonyl (C=O) groups excluding carboxylic acids is 1. The summed E-state index contributed by atoms with van der Waals surface area (Å²) >= 11 is 0. The number of ether oxygens (including phenoxy) is 2. The number of fused-ring (bicyclic) bond motifs is 1. The molecule has 0 atom stereocenters. The number of nitrogens with zero attached hydrogens (tertiary/aromatic N) is 1. The van der Waals surface area contributed by atoms with Crippen LogP contribution in [0, 0.1) is 0 Å². The zero-order chi connectivity index (χ0) is 15.6. The Bertz CT molecular complexity index is 656. The van der Waals surface area contributed by atoms with E-state index < -0.39 is 0 Å². The quantitative estimate of drug-likeness (QED) is 0.763. The van der Waals surface area contributed by atoms with Crippen LogP contribution in [0.25, 0.3) is 10.9 Å². The minimum Gasteiger partial charge on any atom is -0.496 e. The van der Waals surface area contributed by atoms with Gasteiger partial charge in [0.2, 0.25) is 0 Å². The fraction of sp³-hybridized carbons (Fsp3) is 0.471. The highest BCUT2D eigenvalue weighted by atomic mass is 16.5. The normalized spacial score (nSPS) is 11.3. The summed E-state index contributed by atoms with van der Waals surface area (Å²) in [7, 11) is 3.32. The molecular weight excluding hydrogens is 266 g/mol. The summed E-state index contributed by atoms with van der Waals surface area (Å²) in [6.45, 7) is 7.23. The van der Waals surface area contributed by atoms with E-state index in [4.69, 9.17) is 9.47 Å². The third kappa shape index (κ3) is 2.81. The van der Waals surface area contributed by atoms with Gasteiger partial charge in [-0.2, -0.15) is 0 Å². The molecule has 114 valence electrons. The molecule has 0 fully saturated rings. The average molecular weight is 289 g/mol. The smallest absolute Gasteiger partial charge is 0.162 e. The molecule has 1 heterocycles. The summed E-state index contributed by atoms with van der Waals surface area (Å²) in [5.41, 5.74) is 3.00. The van der Waals surface area contributed by atoms with E-state index in [-0.39, 0.29) is 5.78 Å². The zero-order valence-corrected chi connectivity index (χ0v) is 13.4. The molecule has 2 rings (SSSR count). The second-order valence-electron chi connectivity index (χ2n) is 5.52. The van der Waals surface area contributed by atoms with Gasteiger partial charge in [0.25, 0.3) is 0 Å². The van der Waals surface area contributed by atoms with Gasteiger partial charge in [-0.3, -0.25) is 4.79 Å². The van der Waals surface area contributed by atoms with E-state index >= 15 is 0 Å². The highest BCUT2D eigenvalue weighted by Crippen LogP contribution is 2.36. The second kappa shape index (κ2) is 6.31. The van der Waals surface area contributed by atoms with E-state index in [1.165, 1.54) is 5.56 Å². The average Bonchev–Trinajstić information content (AvgIpc) is 2.83. The number of Topliss-reactive ketones (excluding diaryl/α,β-unsaturated/α-hetero) is 1. The Labute approximate surface area is 125 Å². The number of hydrogen-bond acceptors (Lipinski definition) is 3. The van der Waals surface area contributed by atoms with Gasteiger partial charge in [-0.25, -0.2) is 0 Å². The SMILES string of the molecule is COCCn1cc(C(C)=O)c2c(OC)ccc(C(C)C)c21. The van der Waals surface area contributed by atoms with Crippen LogP contribution >= 0.6 is 0 Å². The monoisotopic (exact) mass is 289 g/mol. The number of ketones is 1. The van der Waals surface area contributed by atoms with Gasteiger partial charge in [0, 0.05) is 25.4 Å². The van der Waals surface area contributed by atoms with E-state index in [0.29, 0.717) is 24.6 Å². The molecule has 0 bridgehead atoms. The van der Waals surface area contributed by atoms with Crippen molar-refractivity contribution in [2.45, 2.75) is 33.2 Å². The summed E-state index contributed by atoms with van der Waals surface area (Å²) < 4.78 is 12.8. The van der Waals surface area contributed by atoms with Crippen LogP contribution in [0.4, 0.5) is 0 Å². The third-order valence-electron chi connectivity index (χ3n) is 3.77. The molecular formula is C17H23NO3. The second-order valence-corrected chi connectivity index (χ2v) is 5.52. The van der Waals surface area contributed by atoms with Crippen LogP contribution in [0.3, 0.4) is 0 Å². The van der Waals surface area contributed by atoms with Crippen molar-refractivity contribution in [1.29, 1.82) is 0 Å². The molecule has 0 unspecified atom stereocenters. The lowest BCUT2D eigenvalue weighted by atomic mass is 9.98. The van der Waals surface area contributed by atoms with Crippen molar-refractivity contribution in [2.75, 3.05) is 20.8 Å². The molecule has 0 aliphatic rings. The third-order valence-corrected chi connectivity index (χ3v) is 3.77. The Morgan fingerprint density at radius 2 is 2.00 bits per heavy atom. The Kier molecular flexibility index (Phi) is 4.68. The fourth-order valence-corrected chi connectivity index (χ4v) is 2.71. The molecule has 0 N–H and O–H groups in total. The lowest BCUT2D eigenvalue weighted by Crippen LogP contribution is -2.05. The predicted molar refractivity (Wildman–Crippen MR) is 84.5 cm³/mol. The molecule has 1 aromatic carbocycles. The maximum Gasteiger partial charge on any atom is 0.162 e. The van der Waals surface area contributed by atoms with Gasteiger partial charge in [-0.1, -0.05) is 19.9 Å². The standard InChI is InChI=1S/C17H23NO3/c1-11(2)13-6-7-15(21-5)16-14(12(3)19)10-18(17(13)16)8-9-20-4/h6-7,10-11H,8-9H2,1-5H3. The molecule has 4 nitrogen and oxygen atoms in total. The van der Waals surface area contributed by atoms with Gasteiger partial charge in [0.15, 0.2) is 5.78 Å². The van der Waals surface area contributed by atoms with E-state index in [1.807, 2.05) is 12.3 Å². The molecule has 2 aromatic rings. The van der Waals surface area contributed by atoms with Gasteiger partial charge in [-0.05, 0) is 24.5 Å². The summed E-state index contributed by atoms with van der Waals surface area (Å²) in [6.07, 6.45) is 1.92. The Balaban J connectivity index is 2.80. The molecule has 0 saturated carbocycles. The Hall–Kier alpha value is -1.81. The van der Waals surface area contributed by atoms with Crippen molar-refractivity contribution in [1.82, 2.24) is 4.57 Å². The predicted octanol–water partition coefficient (Wildman–Crippen LogP) is 3.62. The molecule has 0 spiro atoms. The van der Waals surface area contributed by atoms with Crippen molar-refractivity contribution in [3.63, 3.8) is 0 Å². The molecule has 0 aliphatic carbocycles. The molecule has 0 aliphatic heterocycles. The van der Waals surface area contributed by atoms with Crippen molar-refractivity contribution < 1.29 is 14.3 Å². The molecule has 21 heavy (non-hydrogen) atoms. The minimum atomic E-state index is 0.0513. The lowest BCUT2D eigenvalue weighted by molar-refractivity contribution is 0.101. The first kappa shape index (κ1) is 15.6. The molecule has 1 aromatic heterocycles. The molecule has 0 radical (unpaired) electrons. The van der Waals surface area contributed by atoms with E-state index in [0.717, 1.165) is 16.7 Å². The number of carbonyl (C=O) groups is 1. The van der Waals surface area contributed by atoms with Crippen LogP contribution in [0.15, 0.2) is 18.3 Å². The first-order chi connectivity index (χ1) is 10.0. The largest absolute Gasteiger partial charge is 0.496 e. The highest BCUT2D eigenvalue weighted by molar-refractivity contribution is 6.10. The van der Waals surface area contributed by atoms with Crippen molar-refractivity contribution in [3.8, 4) is 5.75 Å². The zero-order valence-electron chi connectivity index (χ0n) is 13.4. The Morgan fingerprint density at radius 3 is 2.52 bits per heavy atom. The summed E-state index contributed by atoms with van der Waals surface area (Å²) in [6, 6.07) is 4.03. The van der Waals surface area contributed by atoms with Gasteiger partial charge in [-0.15, -0.1) is 0 Å². The topological polar surface area (TPSA) is 40.5 Å². The molecule has 4 heteroatoms. The lowest BCUT2D eigenvalue weighted by Gasteiger charge is -2.14. The van der Waals surface area contributed by atoms with E-state index in [1.54, 1.807) is 21.1 Å². The first-order valence-electron chi connectivity index (χ1n) is 7.20. The number of benzene rings is 1. The Morgan fingerprint density at radius 1 is 1.29 bits per heavy atom. The van der Waals surface area contributed by atoms with Crippen molar-refractivity contribution >= 4 is 16.7 Å². The van der Waals surface area contributed by atoms with E-state index in [2.05, 4.69) is 24.5 Å². The molecule has 0 saturated heterocycles. The van der Waals surface area contributed by atoms with Crippen LogP contribution in [0.5, 0.6) is 5.75 Å². The maximum atomic E-state index is 12.0. The van der Waals surface area contributed by atoms with E-state index in [9.17, 15) is 4.79 Å². The van der Waals surface area contributed by atoms with Crippen LogP contribution in [-0.4, -0.2) is 31.2 Å². The fourth-order valence-electron chi connectivity index (χ4n) is 2.71. The number of rotatable bonds is 6. The minimum absolute atomic E-state index is 0.0513. The maximum absolute atomic E-state index is 12.0.